The zero-order valence-electron chi connectivity index (χ0n) is 9.73. The van der Waals surface area contributed by atoms with Crippen LogP contribution in [0.1, 0.15) is 37.0 Å². The number of methoxy groups -OCH3 is 1. The summed E-state index contributed by atoms with van der Waals surface area (Å²) in [5, 5.41) is 9.90. The van der Waals surface area contributed by atoms with Crippen LogP contribution >= 0.6 is 0 Å². The molecule has 0 aliphatic carbocycles. The average molecular weight is 208 g/mol. The van der Waals surface area contributed by atoms with Gasteiger partial charge in [0.15, 0.2) is 0 Å². The highest BCUT2D eigenvalue weighted by molar-refractivity contribution is 5.22. The van der Waals surface area contributed by atoms with E-state index in [4.69, 9.17) is 4.74 Å². The number of rotatable bonds is 5. The average Bonchev–Trinajstić information content (AvgIpc) is 2.26. The third kappa shape index (κ3) is 4.02. The topological polar surface area (TPSA) is 29.5 Å². The largest absolute Gasteiger partial charge is 0.388 e. The van der Waals surface area contributed by atoms with E-state index in [1.54, 1.807) is 7.11 Å². The first kappa shape index (κ1) is 12.2. The van der Waals surface area contributed by atoms with Gasteiger partial charge in [-0.2, -0.15) is 0 Å². The van der Waals surface area contributed by atoms with Crippen LogP contribution in [0.25, 0.3) is 0 Å². The Hall–Kier alpha value is -0.860. The van der Waals surface area contributed by atoms with Crippen molar-refractivity contribution < 1.29 is 9.84 Å². The van der Waals surface area contributed by atoms with Crippen LogP contribution in [0.15, 0.2) is 24.3 Å². The first-order valence-electron chi connectivity index (χ1n) is 5.41. The van der Waals surface area contributed by atoms with E-state index in [0.717, 1.165) is 18.4 Å². The molecule has 0 saturated carbocycles. The lowest BCUT2D eigenvalue weighted by Crippen LogP contribution is -2.07. The van der Waals surface area contributed by atoms with Crippen LogP contribution in [0, 0.1) is 6.92 Å². The van der Waals surface area contributed by atoms with E-state index in [0.29, 0.717) is 0 Å². The summed E-state index contributed by atoms with van der Waals surface area (Å²) in [5.41, 5.74) is 2.21. The van der Waals surface area contributed by atoms with Crippen molar-refractivity contribution in [2.75, 3.05) is 7.11 Å². The Labute approximate surface area is 91.9 Å². The van der Waals surface area contributed by atoms with Gasteiger partial charge in [-0.25, -0.2) is 0 Å². The van der Waals surface area contributed by atoms with Crippen LogP contribution < -0.4 is 0 Å². The first-order chi connectivity index (χ1) is 7.13. The van der Waals surface area contributed by atoms with Crippen LogP contribution in [-0.4, -0.2) is 18.3 Å². The van der Waals surface area contributed by atoms with E-state index in [2.05, 4.69) is 0 Å². The van der Waals surface area contributed by atoms with Crippen LogP contribution in [0.3, 0.4) is 0 Å². The maximum Gasteiger partial charge on any atom is 0.0791 e. The number of benzene rings is 1. The summed E-state index contributed by atoms with van der Waals surface area (Å²) in [6.45, 7) is 4.06. The van der Waals surface area contributed by atoms with E-state index >= 15 is 0 Å². The van der Waals surface area contributed by atoms with E-state index in [1.807, 2.05) is 38.1 Å². The Morgan fingerprint density at radius 2 is 1.80 bits per heavy atom. The first-order valence-corrected chi connectivity index (χ1v) is 5.41. The van der Waals surface area contributed by atoms with Gasteiger partial charge < -0.3 is 9.84 Å². The summed E-state index contributed by atoms with van der Waals surface area (Å²) in [7, 11) is 1.70. The van der Waals surface area contributed by atoms with Gasteiger partial charge in [-0.1, -0.05) is 29.8 Å². The molecule has 0 bridgehead atoms. The standard InChI is InChI=1S/C13H20O2/c1-10-4-7-12(8-5-10)13(14)9-6-11(2)15-3/h4-5,7-8,11,13-14H,6,9H2,1-3H3. The lowest BCUT2D eigenvalue weighted by molar-refractivity contribution is 0.0851. The van der Waals surface area contributed by atoms with Crippen LogP contribution in [0.5, 0.6) is 0 Å². The molecular weight excluding hydrogens is 188 g/mol. The lowest BCUT2D eigenvalue weighted by Gasteiger charge is -2.14. The third-order valence-corrected chi connectivity index (χ3v) is 2.71. The summed E-state index contributed by atoms with van der Waals surface area (Å²) in [6.07, 6.45) is 1.47. The van der Waals surface area contributed by atoms with Gasteiger partial charge in [0.05, 0.1) is 12.2 Å². The molecule has 2 heteroatoms. The lowest BCUT2D eigenvalue weighted by atomic mass is 10.0. The quantitative estimate of drug-likeness (QED) is 0.806. The van der Waals surface area contributed by atoms with Crippen molar-refractivity contribution >= 4 is 0 Å². The maximum absolute atomic E-state index is 9.90. The maximum atomic E-state index is 9.90. The Balaban J connectivity index is 2.46. The molecule has 2 atom stereocenters. The Morgan fingerprint density at radius 1 is 1.20 bits per heavy atom. The predicted octanol–water partition coefficient (Wildman–Crippen LogP) is 2.84. The molecule has 84 valence electrons. The minimum Gasteiger partial charge on any atom is -0.388 e. The molecule has 0 aromatic heterocycles. The Morgan fingerprint density at radius 3 is 2.33 bits per heavy atom. The van der Waals surface area contributed by atoms with E-state index in [1.165, 1.54) is 5.56 Å². The molecule has 0 saturated heterocycles. The molecule has 1 aromatic carbocycles. The van der Waals surface area contributed by atoms with Crippen molar-refractivity contribution in [3.8, 4) is 0 Å². The highest BCUT2D eigenvalue weighted by atomic mass is 16.5. The smallest absolute Gasteiger partial charge is 0.0791 e. The molecule has 2 unspecified atom stereocenters. The van der Waals surface area contributed by atoms with Gasteiger partial charge in [0.2, 0.25) is 0 Å². The molecule has 0 fully saturated rings. The number of aliphatic hydroxyl groups is 1. The molecule has 1 N–H and O–H groups in total. The van der Waals surface area contributed by atoms with Crippen LogP contribution in [0.2, 0.25) is 0 Å². The molecular formula is C13H20O2. The van der Waals surface area contributed by atoms with E-state index < -0.39 is 0 Å². The predicted molar refractivity (Wildman–Crippen MR) is 61.8 cm³/mol. The molecule has 2 nitrogen and oxygen atoms in total. The van der Waals surface area contributed by atoms with Crippen molar-refractivity contribution in [3.63, 3.8) is 0 Å². The van der Waals surface area contributed by atoms with Crippen molar-refractivity contribution in [2.45, 2.75) is 38.9 Å². The van der Waals surface area contributed by atoms with Gasteiger partial charge in [0, 0.05) is 7.11 Å². The van der Waals surface area contributed by atoms with Gasteiger partial charge in [0.1, 0.15) is 0 Å². The molecule has 0 heterocycles. The second-order valence-corrected chi connectivity index (χ2v) is 4.05. The van der Waals surface area contributed by atoms with Gasteiger partial charge in [-0.05, 0) is 32.3 Å². The second kappa shape index (κ2) is 5.89. The van der Waals surface area contributed by atoms with Crippen LogP contribution in [0.4, 0.5) is 0 Å². The van der Waals surface area contributed by atoms with Gasteiger partial charge in [-0.15, -0.1) is 0 Å². The summed E-state index contributed by atoms with van der Waals surface area (Å²) < 4.78 is 5.14. The van der Waals surface area contributed by atoms with Gasteiger partial charge in [-0.3, -0.25) is 0 Å². The Kier molecular flexibility index (Phi) is 4.79. The third-order valence-electron chi connectivity index (χ3n) is 2.71. The number of hydrogen-bond donors (Lipinski definition) is 1. The van der Waals surface area contributed by atoms with E-state index in [9.17, 15) is 5.11 Å². The van der Waals surface area contributed by atoms with Crippen LogP contribution in [-0.2, 0) is 4.74 Å². The number of hydrogen-bond acceptors (Lipinski definition) is 2. The summed E-state index contributed by atoms with van der Waals surface area (Å²) in [4.78, 5) is 0. The second-order valence-electron chi connectivity index (χ2n) is 4.05. The molecule has 15 heavy (non-hydrogen) atoms. The zero-order chi connectivity index (χ0) is 11.3. The fraction of sp³-hybridized carbons (Fsp3) is 0.538. The Bertz CT molecular complexity index is 279. The van der Waals surface area contributed by atoms with Crippen molar-refractivity contribution in [3.05, 3.63) is 35.4 Å². The number of aryl methyl sites for hydroxylation is 1. The van der Waals surface area contributed by atoms with Gasteiger partial charge in [0.25, 0.3) is 0 Å². The zero-order valence-corrected chi connectivity index (χ0v) is 9.73. The molecule has 1 rings (SSSR count). The molecule has 0 aliphatic rings. The highest BCUT2D eigenvalue weighted by Crippen LogP contribution is 2.19. The van der Waals surface area contributed by atoms with Crippen molar-refractivity contribution in [2.24, 2.45) is 0 Å². The molecule has 0 spiro atoms. The fourth-order valence-corrected chi connectivity index (χ4v) is 1.47. The summed E-state index contributed by atoms with van der Waals surface area (Å²) in [5.74, 6) is 0. The molecule has 0 amide bonds. The summed E-state index contributed by atoms with van der Waals surface area (Å²) >= 11 is 0. The number of ether oxygens (including phenoxy) is 1. The summed E-state index contributed by atoms with van der Waals surface area (Å²) in [6, 6.07) is 8.02. The van der Waals surface area contributed by atoms with Crippen molar-refractivity contribution in [1.82, 2.24) is 0 Å². The normalized spacial score (nSPS) is 14.9. The minimum absolute atomic E-state index is 0.213. The fourth-order valence-electron chi connectivity index (χ4n) is 1.47. The minimum atomic E-state index is -0.372. The van der Waals surface area contributed by atoms with Gasteiger partial charge >= 0.3 is 0 Å². The highest BCUT2D eigenvalue weighted by Gasteiger charge is 2.09. The molecule has 0 aliphatic heterocycles. The van der Waals surface area contributed by atoms with Crippen molar-refractivity contribution in [1.29, 1.82) is 0 Å². The monoisotopic (exact) mass is 208 g/mol. The van der Waals surface area contributed by atoms with E-state index in [-0.39, 0.29) is 12.2 Å². The molecule has 0 radical (unpaired) electrons. The SMILES string of the molecule is COC(C)CCC(O)c1ccc(C)cc1. The number of aliphatic hydroxyl groups excluding tert-OH is 1. The molecule has 1 aromatic rings.